The van der Waals surface area contributed by atoms with Crippen molar-refractivity contribution in [3.8, 4) is 5.75 Å². The molecule has 0 aliphatic carbocycles. The molecule has 1 aromatic heterocycles. The predicted octanol–water partition coefficient (Wildman–Crippen LogP) is 3.99. The molecule has 0 saturated carbocycles. The summed E-state index contributed by atoms with van der Waals surface area (Å²) in [5.41, 5.74) is 1.29. The Morgan fingerprint density at radius 1 is 1.10 bits per heavy atom. The fourth-order valence-electron chi connectivity index (χ4n) is 4.61. The number of likely N-dealkylation sites (tertiary alicyclic amines) is 2. The lowest BCUT2D eigenvalue weighted by Gasteiger charge is -2.33. The number of piperidine rings is 1. The van der Waals surface area contributed by atoms with Gasteiger partial charge in [-0.05, 0) is 56.0 Å². The van der Waals surface area contributed by atoms with Gasteiger partial charge < -0.3 is 14.5 Å². The molecule has 160 valence electrons. The van der Waals surface area contributed by atoms with Gasteiger partial charge in [0.2, 0.25) is 0 Å². The van der Waals surface area contributed by atoms with Crippen molar-refractivity contribution in [2.75, 3.05) is 51.3 Å². The van der Waals surface area contributed by atoms with E-state index in [1.54, 1.807) is 13.3 Å². The molecule has 0 radical (unpaired) electrons. The third-order valence-electron chi connectivity index (χ3n) is 6.27. The van der Waals surface area contributed by atoms with Crippen LogP contribution in [-0.2, 0) is 0 Å². The van der Waals surface area contributed by atoms with Crippen molar-refractivity contribution in [2.45, 2.75) is 31.6 Å². The highest BCUT2D eigenvalue weighted by Crippen LogP contribution is 2.33. The van der Waals surface area contributed by atoms with Gasteiger partial charge in [-0.25, -0.2) is 9.78 Å². The van der Waals surface area contributed by atoms with Crippen LogP contribution in [0.5, 0.6) is 5.75 Å². The summed E-state index contributed by atoms with van der Waals surface area (Å²) in [5, 5.41) is 0. The number of nitrogens with zero attached hydrogens (tertiary/aromatic N) is 4. The topological polar surface area (TPSA) is 48.9 Å². The SMILES string of the molecule is COc1ccccc1C1CCN(CCN(C(=O)N2CCCCC2)c2ccccn2)C1. The van der Waals surface area contributed by atoms with E-state index >= 15 is 0 Å². The Hall–Kier alpha value is -2.60. The molecular formula is C24H32N4O2. The van der Waals surface area contributed by atoms with Crippen molar-refractivity contribution < 1.29 is 9.53 Å². The first-order valence-corrected chi connectivity index (χ1v) is 11.1. The van der Waals surface area contributed by atoms with Gasteiger partial charge in [0.25, 0.3) is 0 Å². The van der Waals surface area contributed by atoms with Gasteiger partial charge in [0, 0.05) is 44.8 Å². The third-order valence-corrected chi connectivity index (χ3v) is 6.27. The average Bonchev–Trinajstić information content (AvgIpc) is 3.29. The maximum Gasteiger partial charge on any atom is 0.325 e. The lowest BCUT2D eigenvalue weighted by atomic mass is 9.97. The number of aromatic nitrogens is 1. The highest BCUT2D eigenvalue weighted by molar-refractivity contribution is 5.91. The van der Waals surface area contributed by atoms with Crippen LogP contribution in [0.4, 0.5) is 10.6 Å². The van der Waals surface area contributed by atoms with Crippen molar-refractivity contribution in [3.63, 3.8) is 0 Å². The molecule has 2 aromatic rings. The highest BCUT2D eigenvalue weighted by Gasteiger charge is 2.28. The van der Waals surface area contributed by atoms with E-state index in [0.717, 1.165) is 63.6 Å². The molecule has 6 nitrogen and oxygen atoms in total. The summed E-state index contributed by atoms with van der Waals surface area (Å²) >= 11 is 0. The smallest absolute Gasteiger partial charge is 0.325 e. The average molecular weight is 409 g/mol. The van der Waals surface area contributed by atoms with E-state index in [2.05, 4.69) is 22.0 Å². The highest BCUT2D eigenvalue weighted by atomic mass is 16.5. The van der Waals surface area contributed by atoms with Gasteiger partial charge in [0.1, 0.15) is 11.6 Å². The molecule has 2 aliphatic rings. The number of amides is 2. The summed E-state index contributed by atoms with van der Waals surface area (Å²) in [6.45, 7) is 5.24. The molecule has 2 aliphatic heterocycles. The molecule has 0 spiro atoms. The molecule has 2 saturated heterocycles. The van der Waals surface area contributed by atoms with Crippen LogP contribution in [0.3, 0.4) is 0 Å². The van der Waals surface area contributed by atoms with E-state index in [0.29, 0.717) is 12.5 Å². The number of methoxy groups -OCH3 is 1. The van der Waals surface area contributed by atoms with Crippen molar-refractivity contribution in [1.29, 1.82) is 0 Å². The fourth-order valence-corrected chi connectivity index (χ4v) is 4.61. The van der Waals surface area contributed by atoms with E-state index < -0.39 is 0 Å². The van der Waals surface area contributed by atoms with Gasteiger partial charge >= 0.3 is 6.03 Å². The molecule has 4 rings (SSSR count). The number of ether oxygens (including phenoxy) is 1. The van der Waals surface area contributed by atoms with Gasteiger partial charge in [-0.1, -0.05) is 24.3 Å². The summed E-state index contributed by atoms with van der Waals surface area (Å²) in [7, 11) is 1.74. The number of rotatable bonds is 6. The Balaban J connectivity index is 1.41. The van der Waals surface area contributed by atoms with E-state index in [-0.39, 0.29) is 6.03 Å². The van der Waals surface area contributed by atoms with Crippen LogP contribution < -0.4 is 9.64 Å². The molecule has 6 heteroatoms. The van der Waals surface area contributed by atoms with Crippen LogP contribution >= 0.6 is 0 Å². The van der Waals surface area contributed by atoms with Gasteiger partial charge in [-0.3, -0.25) is 4.90 Å². The van der Waals surface area contributed by atoms with Crippen molar-refractivity contribution in [1.82, 2.24) is 14.8 Å². The number of para-hydroxylation sites is 1. The van der Waals surface area contributed by atoms with E-state index in [4.69, 9.17) is 4.74 Å². The maximum absolute atomic E-state index is 13.2. The minimum absolute atomic E-state index is 0.0916. The standard InChI is InChI=1S/C24H32N4O2/c1-30-22-10-4-3-9-21(22)20-12-16-26(19-20)17-18-28(23-11-5-6-13-25-23)24(29)27-14-7-2-8-15-27/h3-6,9-11,13,20H,2,7-8,12,14-19H2,1H3. The summed E-state index contributed by atoms with van der Waals surface area (Å²) in [5.74, 6) is 2.19. The van der Waals surface area contributed by atoms with Crippen LogP contribution in [0.25, 0.3) is 0 Å². The number of carbonyl (C=O) groups excluding carboxylic acids is 1. The molecule has 2 amide bonds. The molecular weight excluding hydrogens is 376 g/mol. The van der Waals surface area contributed by atoms with E-state index in [1.165, 1.54) is 12.0 Å². The van der Waals surface area contributed by atoms with Crippen LogP contribution in [0.1, 0.15) is 37.2 Å². The summed E-state index contributed by atoms with van der Waals surface area (Å²) < 4.78 is 5.56. The van der Waals surface area contributed by atoms with Crippen LogP contribution in [-0.4, -0.2) is 67.2 Å². The quantitative estimate of drug-likeness (QED) is 0.725. The third kappa shape index (κ3) is 4.75. The Labute approximate surface area is 179 Å². The molecule has 1 aromatic carbocycles. The number of hydrogen-bond acceptors (Lipinski definition) is 4. The van der Waals surface area contributed by atoms with Crippen LogP contribution in [0.15, 0.2) is 48.7 Å². The Bertz CT molecular complexity index is 823. The van der Waals surface area contributed by atoms with Crippen LogP contribution in [0.2, 0.25) is 0 Å². The molecule has 1 atom stereocenters. The first kappa shape index (κ1) is 20.7. The van der Waals surface area contributed by atoms with Gasteiger partial charge in [0.05, 0.1) is 7.11 Å². The first-order chi connectivity index (χ1) is 14.8. The van der Waals surface area contributed by atoms with Crippen molar-refractivity contribution >= 4 is 11.8 Å². The number of hydrogen-bond donors (Lipinski definition) is 0. The minimum atomic E-state index is 0.0916. The van der Waals surface area contributed by atoms with Crippen molar-refractivity contribution in [2.24, 2.45) is 0 Å². The van der Waals surface area contributed by atoms with Gasteiger partial charge in [-0.2, -0.15) is 0 Å². The number of urea groups is 1. The lowest BCUT2D eigenvalue weighted by molar-refractivity contribution is 0.191. The second-order valence-electron chi connectivity index (χ2n) is 8.20. The summed E-state index contributed by atoms with van der Waals surface area (Å²) in [4.78, 5) is 24.0. The van der Waals surface area contributed by atoms with Crippen LogP contribution in [0, 0.1) is 0 Å². The monoisotopic (exact) mass is 408 g/mol. The molecule has 30 heavy (non-hydrogen) atoms. The molecule has 0 bridgehead atoms. The Morgan fingerprint density at radius 3 is 2.67 bits per heavy atom. The number of benzene rings is 1. The second kappa shape index (κ2) is 9.94. The van der Waals surface area contributed by atoms with Gasteiger partial charge in [-0.15, -0.1) is 0 Å². The normalized spacial score (nSPS) is 19.6. The van der Waals surface area contributed by atoms with Gasteiger partial charge in [0.15, 0.2) is 0 Å². The maximum atomic E-state index is 13.2. The number of carbonyl (C=O) groups is 1. The molecule has 3 heterocycles. The van der Waals surface area contributed by atoms with E-state index in [9.17, 15) is 4.79 Å². The number of anilines is 1. The zero-order valence-electron chi connectivity index (χ0n) is 17.9. The second-order valence-corrected chi connectivity index (χ2v) is 8.20. The predicted molar refractivity (Wildman–Crippen MR) is 119 cm³/mol. The lowest BCUT2D eigenvalue weighted by Crippen LogP contribution is -2.48. The minimum Gasteiger partial charge on any atom is -0.496 e. The van der Waals surface area contributed by atoms with Crippen molar-refractivity contribution in [3.05, 3.63) is 54.2 Å². The summed E-state index contributed by atoms with van der Waals surface area (Å²) in [6, 6.07) is 14.2. The number of pyridine rings is 1. The molecule has 1 unspecified atom stereocenters. The zero-order valence-corrected chi connectivity index (χ0v) is 17.9. The Kier molecular flexibility index (Phi) is 6.84. The molecule has 0 N–H and O–H groups in total. The summed E-state index contributed by atoms with van der Waals surface area (Å²) in [6.07, 6.45) is 6.28. The first-order valence-electron chi connectivity index (χ1n) is 11.1. The Morgan fingerprint density at radius 2 is 1.90 bits per heavy atom. The fraction of sp³-hybridized carbons (Fsp3) is 0.500. The largest absolute Gasteiger partial charge is 0.496 e. The van der Waals surface area contributed by atoms with E-state index in [1.807, 2.05) is 40.1 Å². The zero-order chi connectivity index (χ0) is 20.8. The molecule has 2 fully saturated rings.